The first-order chi connectivity index (χ1) is 14.5. The molecule has 1 saturated carbocycles. The molecule has 162 valence electrons. The van der Waals surface area contributed by atoms with Crippen molar-refractivity contribution in [3.8, 4) is 0 Å². The number of anilines is 1. The summed E-state index contributed by atoms with van der Waals surface area (Å²) in [6.07, 6.45) is 6.59. The van der Waals surface area contributed by atoms with Gasteiger partial charge in [-0.25, -0.2) is 4.68 Å². The van der Waals surface area contributed by atoms with Crippen molar-refractivity contribution < 1.29 is 9.59 Å². The van der Waals surface area contributed by atoms with Gasteiger partial charge in [0.2, 0.25) is 17.0 Å². The van der Waals surface area contributed by atoms with E-state index in [1.54, 1.807) is 7.05 Å². The minimum atomic E-state index is -0.390. The molecule has 0 bridgehead atoms. The van der Waals surface area contributed by atoms with Gasteiger partial charge in [-0.3, -0.25) is 9.59 Å². The predicted octanol–water partition coefficient (Wildman–Crippen LogP) is 3.32. The monoisotopic (exact) mass is 430 g/mol. The molecule has 1 unspecified atom stereocenters. The van der Waals surface area contributed by atoms with Crippen LogP contribution in [0.3, 0.4) is 0 Å². The fourth-order valence-corrected chi connectivity index (χ4v) is 4.74. The second kappa shape index (κ2) is 10.6. The Bertz CT molecular complexity index is 865. The van der Waals surface area contributed by atoms with Crippen LogP contribution in [0.15, 0.2) is 29.4 Å². The van der Waals surface area contributed by atoms with E-state index in [0.29, 0.717) is 11.2 Å². The highest BCUT2D eigenvalue weighted by Gasteiger charge is 2.26. The zero-order chi connectivity index (χ0) is 21.5. The van der Waals surface area contributed by atoms with Gasteiger partial charge in [0.05, 0.1) is 17.8 Å². The number of thioether (sulfide) groups is 1. The Balaban J connectivity index is 1.55. The third-order valence-corrected chi connectivity index (χ3v) is 6.48. The lowest BCUT2D eigenvalue weighted by Crippen LogP contribution is -2.39. The summed E-state index contributed by atoms with van der Waals surface area (Å²) in [7, 11) is 1.65. The second-order valence-corrected chi connectivity index (χ2v) is 9.02. The Kier molecular flexibility index (Phi) is 7.84. The van der Waals surface area contributed by atoms with Crippen LogP contribution in [-0.2, 0) is 16.0 Å². The number of para-hydroxylation sites is 1. The number of amides is 2. The Hall–Kier alpha value is -2.42. The molecule has 1 atom stereocenters. The van der Waals surface area contributed by atoms with E-state index in [0.717, 1.165) is 30.5 Å². The van der Waals surface area contributed by atoms with Gasteiger partial charge in [0.15, 0.2) is 0 Å². The smallest absolute Gasteiger partial charge is 0.243 e. The van der Waals surface area contributed by atoms with E-state index < -0.39 is 0 Å². The summed E-state index contributed by atoms with van der Waals surface area (Å²) in [5, 5.41) is 15.3. The number of nitrogens with one attached hydrogen (secondary N) is 1. The number of rotatable bonds is 8. The van der Waals surface area contributed by atoms with Gasteiger partial charge in [-0.05, 0) is 48.2 Å². The summed E-state index contributed by atoms with van der Waals surface area (Å²) in [5.41, 5.74) is 1.86. The molecule has 2 aromatic rings. The molecule has 0 aliphatic heterocycles. The van der Waals surface area contributed by atoms with E-state index in [-0.39, 0.29) is 23.6 Å². The number of nitrogens with zero attached hydrogens (tertiary/aromatic N) is 5. The van der Waals surface area contributed by atoms with Crippen LogP contribution in [0, 0.1) is 0 Å². The number of aromatic nitrogens is 4. The van der Waals surface area contributed by atoms with Gasteiger partial charge in [0, 0.05) is 12.7 Å². The first-order valence-electron chi connectivity index (χ1n) is 10.6. The van der Waals surface area contributed by atoms with Crippen molar-refractivity contribution in [2.45, 2.75) is 68.8 Å². The third-order valence-electron chi connectivity index (χ3n) is 5.44. The van der Waals surface area contributed by atoms with Crippen molar-refractivity contribution in [2.24, 2.45) is 0 Å². The topological polar surface area (TPSA) is 93.0 Å². The maximum absolute atomic E-state index is 12.8. The van der Waals surface area contributed by atoms with Crippen LogP contribution >= 0.6 is 11.8 Å². The van der Waals surface area contributed by atoms with Crippen molar-refractivity contribution >= 4 is 29.3 Å². The number of tetrazole rings is 1. The molecule has 2 amide bonds. The summed E-state index contributed by atoms with van der Waals surface area (Å²) < 4.78 is 1.86. The maximum Gasteiger partial charge on any atom is 0.243 e. The molecular weight excluding hydrogens is 400 g/mol. The summed E-state index contributed by atoms with van der Waals surface area (Å²) in [4.78, 5) is 26.7. The first-order valence-corrected chi connectivity index (χ1v) is 11.4. The SMILES string of the molecule is CCc1ccccc1NC(=O)CN(C)C(=O)C(C)Sc1nnnn1C1CCCCC1. The highest BCUT2D eigenvalue weighted by atomic mass is 32.2. The Morgan fingerprint density at radius 1 is 1.27 bits per heavy atom. The zero-order valence-electron chi connectivity index (χ0n) is 17.9. The average Bonchev–Trinajstić information content (AvgIpc) is 3.22. The van der Waals surface area contributed by atoms with Gasteiger partial charge in [0.25, 0.3) is 0 Å². The molecule has 1 aromatic carbocycles. The fourth-order valence-electron chi connectivity index (χ4n) is 3.77. The normalized spacial score (nSPS) is 15.6. The van der Waals surface area contributed by atoms with Gasteiger partial charge < -0.3 is 10.2 Å². The van der Waals surface area contributed by atoms with E-state index >= 15 is 0 Å². The van der Waals surface area contributed by atoms with Crippen LogP contribution in [0.1, 0.15) is 57.6 Å². The van der Waals surface area contributed by atoms with Crippen LogP contribution in [0.25, 0.3) is 0 Å². The van der Waals surface area contributed by atoms with Crippen LogP contribution < -0.4 is 5.32 Å². The van der Waals surface area contributed by atoms with E-state index in [1.807, 2.05) is 42.8 Å². The minimum Gasteiger partial charge on any atom is -0.335 e. The number of aryl methyl sites for hydroxylation is 1. The molecule has 1 fully saturated rings. The molecule has 1 aromatic heterocycles. The molecule has 3 rings (SSSR count). The van der Waals surface area contributed by atoms with Gasteiger partial charge >= 0.3 is 0 Å². The van der Waals surface area contributed by atoms with Crippen LogP contribution in [0.4, 0.5) is 5.69 Å². The quantitative estimate of drug-likeness (QED) is 0.646. The van der Waals surface area contributed by atoms with E-state index in [1.165, 1.54) is 35.9 Å². The van der Waals surface area contributed by atoms with Crippen molar-refractivity contribution in [3.05, 3.63) is 29.8 Å². The average molecular weight is 431 g/mol. The highest BCUT2D eigenvalue weighted by molar-refractivity contribution is 8.00. The summed E-state index contributed by atoms with van der Waals surface area (Å²) in [6, 6.07) is 8.01. The molecule has 9 heteroatoms. The van der Waals surface area contributed by atoms with E-state index in [9.17, 15) is 9.59 Å². The van der Waals surface area contributed by atoms with E-state index in [4.69, 9.17) is 0 Å². The Morgan fingerprint density at radius 3 is 2.73 bits per heavy atom. The maximum atomic E-state index is 12.8. The summed E-state index contributed by atoms with van der Waals surface area (Å²) in [6.45, 7) is 3.86. The largest absolute Gasteiger partial charge is 0.335 e. The fraction of sp³-hybridized carbons (Fsp3) is 0.571. The minimum absolute atomic E-state index is 0.00462. The predicted molar refractivity (Wildman–Crippen MR) is 117 cm³/mol. The van der Waals surface area contributed by atoms with Crippen molar-refractivity contribution in [2.75, 3.05) is 18.9 Å². The van der Waals surface area contributed by atoms with Gasteiger partial charge in [-0.2, -0.15) is 0 Å². The first kappa shape index (κ1) is 22.3. The van der Waals surface area contributed by atoms with Gasteiger partial charge in [-0.15, -0.1) is 5.10 Å². The van der Waals surface area contributed by atoms with Gasteiger partial charge in [-0.1, -0.05) is 56.1 Å². The Labute approximate surface area is 181 Å². The number of carbonyl (C=O) groups excluding carboxylic acids is 2. The third kappa shape index (κ3) is 5.59. The molecule has 30 heavy (non-hydrogen) atoms. The number of carbonyl (C=O) groups is 2. The molecule has 1 N–H and O–H groups in total. The van der Waals surface area contributed by atoms with Gasteiger partial charge in [0.1, 0.15) is 0 Å². The molecule has 0 saturated heterocycles. The molecule has 0 radical (unpaired) electrons. The highest BCUT2D eigenvalue weighted by Crippen LogP contribution is 2.31. The van der Waals surface area contributed by atoms with Crippen LogP contribution in [0.5, 0.6) is 0 Å². The van der Waals surface area contributed by atoms with Crippen molar-refractivity contribution in [1.29, 1.82) is 0 Å². The molecule has 1 heterocycles. The lowest BCUT2D eigenvalue weighted by Gasteiger charge is -2.23. The molecule has 1 aliphatic rings. The number of hydrogen-bond acceptors (Lipinski definition) is 6. The molecule has 1 aliphatic carbocycles. The van der Waals surface area contributed by atoms with Crippen molar-refractivity contribution in [3.63, 3.8) is 0 Å². The number of benzene rings is 1. The molecule has 0 spiro atoms. The summed E-state index contributed by atoms with van der Waals surface area (Å²) >= 11 is 1.35. The lowest BCUT2D eigenvalue weighted by molar-refractivity contribution is -0.132. The van der Waals surface area contributed by atoms with Crippen LogP contribution in [-0.4, -0.2) is 55.8 Å². The summed E-state index contributed by atoms with van der Waals surface area (Å²) in [5.74, 6) is -0.340. The van der Waals surface area contributed by atoms with Crippen LogP contribution in [0.2, 0.25) is 0 Å². The Morgan fingerprint density at radius 2 is 2.00 bits per heavy atom. The van der Waals surface area contributed by atoms with E-state index in [2.05, 4.69) is 20.8 Å². The molecular formula is C21H30N6O2S. The standard InChI is InChI=1S/C21H30N6O2S/c1-4-16-10-8-9-13-18(16)22-19(28)14-26(3)20(29)15(2)30-21-23-24-25-27(21)17-11-6-5-7-12-17/h8-10,13,15,17H,4-7,11-12,14H2,1-3H3,(H,22,28). The second-order valence-electron chi connectivity index (χ2n) is 7.71. The van der Waals surface area contributed by atoms with Crippen molar-refractivity contribution in [1.82, 2.24) is 25.1 Å². The number of hydrogen-bond donors (Lipinski definition) is 1. The lowest BCUT2D eigenvalue weighted by atomic mass is 9.96. The molecule has 8 nitrogen and oxygen atoms in total. The number of likely N-dealkylation sites (N-methyl/N-ethyl adjacent to an activating group) is 1. The zero-order valence-corrected chi connectivity index (χ0v) is 18.7.